The molecule has 2 atom stereocenters. The minimum Gasteiger partial charge on any atom is -0.481 e. The van der Waals surface area contributed by atoms with E-state index in [2.05, 4.69) is 20.9 Å². The Balaban J connectivity index is 0.000000942. The molecule has 0 saturated heterocycles. The molecule has 0 aliphatic heterocycles. The van der Waals surface area contributed by atoms with Gasteiger partial charge in [0.05, 0.1) is 12.5 Å². The zero-order valence-corrected chi connectivity index (χ0v) is 25.0. The van der Waals surface area contributed by atoms with Crippen molar-refractivity contribution in [1.82, 2.24) is 15.6 Å². The number of amides is 2. The lowest BCUT2D eigenvalue weighted by Crippen LogP contribution is -2.48. The van der Waals surface area contributed by atoms with Crippen LogP contribution < -0.4 is 21.7 Å². The van der Waals surface area contributed by atoms with E-state index < -0.39 is 36.1 Å². The van der Waals surface area contributed by atoms with Gasteiger partial charge >= 0.3 is 18.1 Å². The average Bonchev–Trinajstić information content (AvgIpc) is 3.03. The average molecular weight is 646 g/mol. The molecule has 46 heavy (non-hydrogen) atoms. The van der Waals surface area contributed by atoms with Crippen LogP contribution in [0.25, 0.3) is 11.1 Å². The molecule has 0 saturated carbocycles. The number of benzene rings is 2. The van der Waals surface area contributed by atoms with E-state index in [9.17, 15) is 32.7 Å². The molecule has 14 heteroatoms. The minimum atomic E-state index is -5.08. The summed E-state index contributed by atoms with van der Waals surface area (Å²) in [5.41, 5.74) is 8.36. The molecule has 1 unspecified atom stereocenters. The van der Waals surface area contributed by atoms with Crippen LogP contribution >= 0.6 is 0 Å². The first-order valence-corrected chi connectivity index (χ1v) is 14.5. The van der Waals surface area contributed by atoms with Gasteiger partial charge in [-0.05, 0) is 61.1 Å². The number of carbonyl (C=O) groups excluding carboxylic acids is 2. The Morgan fingerprint density at radius 3 is 2.02 bits per heavy atom. The van der Waals surface area contributed by atoms with Gasteiger partial charge in [0.25, 0.3) is 0 Å². The number of anilines is 1. The Labute approximate surface area is 264 Å². The first kappa shape index (κ1) is 37.2. The van der Waals surface area contributed by atoms with Crippen molar-refractivity contribution in [1.29, 1.82) is 0 Å². The molecule has 3 aromatic rings. The van der Waals surface area contributed by atoms with Crippen LogP contribution in [-0.4, -0.2) is 64.3 Å². The summed E-state index contributed by atoms with van der Waals surface area (Å²) in [5, 5.41) is 25.5. The van der Waals surface area contributed by atoms with Crippen molar-refractivity contribution < 1.29 is 42.6 Å². The van der Waals surface area contributed by atoms with Crippen LogP contribution in [0.15, 0.2) is 79.0 Å². The number of pyridine rings is 1. The zero-order chi connectivity index (χ0) is 34.0. The fraction of sp³-hybridized carbons (Fsp3) is 0.344. The lowest BCUT2D eigenvalue weighted by molar-refractivity contribution is -0.192. The highest BCUT2D eigenvalue weighted by Crippen LogP contribution is 2.24. The number of nitrogens with one attached hydrogen (secondary N) is 3. The minimum absolute atomic E-state index is 0.230. The number of hydrogen-bond donors (Lipinski definition) is 6. The summed E-state index contributed by atoms with van der Waals surface area (Å²) >= 11 is 0. The topological polar surface area (TPSA) is 184 Å². The first-order chi connectivity index (χ1) is 21.9. The highest BCUT2D eigenvalue weighted by molar-refractivity contribution is 5.88. The third-order valence-corrected chi connectivity index (χ3v) is 6.51. The molecule has 11 nitrogen and oxygen atoms in total. The van der Waals surface area contributed by atoms with Crippen molar-refractivity contribution in [3.05, 3.63) is 84.6 Å². The number of alkyl halides is 3. The molecule has 1 aromatic heterocycles. The summed E-state index contributed by atoms with van der Waals surface area (Å²) in [6, 6.07) is 21.4. The van der Waals surface area contributed by atoms with E-state index in [1.165, 1.54) is 0 Å². The van der Waals surface area contributed by atoms with Crippen LogP contribution in [0, 0.1) is 0 Å². The molecule has 0 aliphatic carbocycles. The van der Waals surface area contributed by atoms with Gasteiger partial charge in [0.1, 0.15) is 11.9 Å². The fourth-order valence-electron chi connectivity index (χ4n) is 4.19. The number of halogens is 3. The molecule has 1 heterocycles. The highest BCUT2D eigenvalue weighted by atomic mass is 19.4. The van der Waals surface area contributed by atoms with Crippen molar-refractivity contribution in [2.75, 3.05) is 18.4 Å². The summed E-state index contributed by atoms with van der Waals surface area (Å²) in [5.74, 6) is -3.66. The third kappa shape index (κ3) is 14.2. The van der Waals surface area contributed by atoms with Crippen LogP contribution in [0.4, 0.5) is 19.0 Å². The van der Waals surface area contributed by atoms with Crippen molar-refractivity contribution in [3.63, 3.8) is 0 Å². The second-order valence-corrected chi connectivity index (χ2v) is 10.1. The van der Waals surface area contributed by atoms with Gasteiger partial charge in [-0.15, -0.1) is 0 Å². The molecule has 2 amide bonds. The monoisotopic (exact) mass is 645 g/mol. The maximum Gasteiger partial charge on any atom is 0.490 e. The van der Waals surface area contributed by atoms with Crippen molar-refractivity contribution in [3.8, 4) is 11.1 Å². The van der Waals surface area contributed by atoms with Gasteiger partial charge in [0.2, 0.25) is 11.8 Å². The molecular weight excluding hydrogens is 607 g/mol. The second-order valence-electron chi connectivity index (χ2n) is 10.1. The number of nitrogens with two attached hydrogens (primary N) is 1. The Morgan fingerprint density at radius 1 is 0.826 bits per heavy atom. The predicted octanol–water partition coefficient (Wildman–Crippen LogP) is 4.52. The number of carboxylic acid groups (broad SMARTS) is 2. The summed E-state index contributed by atoms with van der Waals surface area (Å²) in [7, 11) is 0. The molecule has 0 aliphatic rings. The van der Waals surface area contributed by atoms with Gasteiger partial charge in [0, 0.05) is 19.2 Å². The van der Waals surface area contributed by atoms with Crippen LogP contribution in [-0.2, 0) is 19.2 Å². The summed E-state index contributed by atoms with van der Waals surface area (Å²) < 4.78 is 31.7. The van der Waals surface area contributed by atoms with E-state index in [1.807, 2.05) is 72.8 Å². The zero-order valence-electron chi connectivity index (χ0n) is 25.0. The third-order valence-electron chi connectivity index (χ3n) is 6.51. The van der Waals surface area contributed by atoms with E-state index in [1.54, 1.807) is 6.20 Å². The van der Waals surface area contributed by atoms with Gasteiger partial charge in [-0.2, -0.15) is 13.2 Å². The first-order valence-electron chi connectivity index (χ1n) is 14.5. The molecular formula is C32H38F3N5O6. The van der Waals surface area contributed by atoms with Crippen LogP contribution in [0.3, 0.4) is 0 Å². The van der Waals surface area contributed by atoms with Gasteiger partial charge in [-0.25, -0.2) is 9.78 Å². The lowest BCUT2D eigenvalue weighted by atomic mass is 9.98. The number of carbonyl (C=O) groups is 4. The van der Waals surface area contributed by atoms with E-state index in [-0.39, 0.29) is 18.7 Å². The van der Waals surface area contributed by atoms with Crippen molar-refractivity contribution >= 4 is 29.6 Å². The number of carboxylic acids is 2. The Bertz CT molecular complexity index is 1380. The number of aliphatic carboxylic acids is 2. The summed E-state index contributed by atoms with van der Waals surface area (Å²) in [4.78, 5) is 50.5. The molecule has 0 spiro atoms. The van der Waals surface area contributed by atoms with E-state index in [0.29, 0.717) is 37.9 Å². The molecule has 2 aromatic carbocycles. The van der Waals surface area contributed by atoms with Crippen LogP contribution in [0.5, 0.6) is 0 Å². The molecule has 0 radical (unpaired) electrons. The lowest BCUT2D eigenvalue weighted by Gasteiger charge is -2.23. The Hall–Kier alpha value is -4.98. The Morgan fingerprint density at radius 2 is 1.46 bits per heavy atom. The number of hydrogen-bond acceptors (Lipinski definition) is 7. The van der Waals surface area contributed by atoms with Crippen molar-refractivity contribution in [2.45, 2.75) is 56.8 Å². The van der Waals surface area contributed by atoms with Crippen LogP contribution in [0.2, 0.25) is 0 Å². The molecule has 0 fully saturated rings. The van der Waals surface area contributed by atoms with E-state index in [0.717, 1.165) is 23.4 Å². The van der Waals surface area contributed by atoms with E-state index in [4.69, 9.17) is 15.6 Å². The number of rotatable bonds is 16. The predicted molar refractivity (Wildman–Crippen MR) is 166 cm³/mol. The number of aromatic nitrogens is 1. The van der Waals surface area contributed by atoms with Crippen LogP contribution in [0.1, 0.15) is 50.1 Å². The summed E-state index contributed by atoms with van der Waals surface area (Å²) in [6.45, 7) is 1.06. The molecule has 0 bridgehead atoms. The fourth-order valence-corrected chi connectivity index (χ4v) is 4.19. The second kappa shape index (κ2) is 19.4. The van der Waals surface area contributed by atoms with Gasteiger partial charge in [0.15, 0.2) is 0 Å². The van der Waals surface area contributed by atoms with E-state index >= 15 is 0 Å². The SMILES string of the molecule is NCCC[C@H](NC(=O)CCCCNc1ccccn1)C(=O)NC(CC(=O)O)c1ccc(-c2ccccc2)cc1.O=C(O)C(F)(F)F. The van der Waals surface area contributed by atoms with Gasteiger partial charge in [-0.3, -0.25) is 14.4 Å². The molecule has 7 N–H and O–H groups in total. The van der Waals surface area contributed by atoms with Crippen molar-refractivity contribution in [2.24, 2.45) is 5.73 Å². The smallest absolute Gasteiger partial charge is 0.481 e. The molecule has 248 valence electrons. The summed E-state index contributed by atoms with van der Waals surface area (Å²) in [6.07, 6.45) is -1.06. The standard InChI is InChI=1S/C30H37N5O4.C2HF3O2/c31-18-8-11-25(34-28(36)13-5-7-20-33-27-12-4-6-19-32-27)30(39)35-26(21-29(37)38)24-16-14-23(15-17-24)22-9-2-1-3-10-22;3-2(4,5)1(6)7/h1-4,6,9-10,12,14-17,19,25-26H,5,7-8,11,13,18,20-21,31H2,(H,32,33)(H,34,36)(H,35,39)(H,37,38);(H,6,7)/t25-,26?;/m0./s1. The Kier molecular flexibility index (Phi) is 15.7. The highest BCUT2D eigenvalue weighted by Gasteiger charge is 2.38. The maximum atomic E-state index is 13.2. The van der Waals surface area contributed by atoms with Gasteiger partial charge < -0.3 is 31.9 Å². The largest absolute Gasteiger partial charge is 0.490 e. The quantitative estimate of drug-likeness (QED) is 0.122. The normalized spacial score (nSPS) is 12.1. The maximum absolute atomic E-state index is 13.2. The molecule has 3 rings (SSSR count). The number of unbranched alkanes of at least 4 members (excludes halogenated alkanes) is 1. The van der Waals surface area contributed by atoms with Gasteiger partial charge in [-0.1, -0.05) is 60.7 Å². The number of nitrogens with zero attached hydrogens (tertiary/aromatic N) is 1.